The molecule has 1 aliphatic heterocycles. The number of nitrogens with zero attached hydrogens (tertiary/aromatic N) is 3. The molecule has 3 heterocycles. The first kappa shape index (κ1) is 30.0. The Morgan fingerprint density at radius 2 is 1.77 bits per heavy atom. The third kappa shape index (κ3) is 7.41. The fourth-order valence-corrected chi connectivity index (χ4v) is 4.96. The van der Waals surface area contributed by atoms with Crippen LogP contribution < -0.4 is 10.6 Å². The van der Waals surface area contributed by atoms with Crippen molar-refractivity contribution in [3.05, 3.63) is 34.7 Å². The predicted octanol–water partition coefficient (Wildman–Crippen LogP) is 7.38. The van der Waals surface area contributed by atoms with Crippen molar-refractivity contribution in [3.8, 4) is 11.1 Å². The Balaban J connectivity index is 1.74. The molecule has 2 aromatic heterocycles. The highest BCUT2D eigenvalue weighted by atomic mass is 35.5. The Hall–Kier alpha value is -2.95. The summed E-state index contributed by atoms with van der Waals surface area (Å²) in [6.07, 6.45) is 7.31. The monoisotopic (exact) mass is 593 g/mol. The molecule has 40 heavy (non-hydrogen) atoms. The van der Waals surface area contributed by atoms with E-state index in [1.165, 1.54) is 0 Å². The number of rotatable bonds is 6. The van der Waals surface area contributed by atoms with Crippen molar-refractivity contribution in [2.75, 3.05) is 18.5 Å². The summed E-state index contributed by atoms with van der Waals surface area (Å²) in [6, 6.07) is 1.61. The van der Waals surface area contributed by atoms with Crippen molar-refractivity contribution in [2.24, 2.45) is 0 Å². The molecule has 3 aromatic rings. The van der Waals surface area contributed by atoms with E-state index in [9.17, 15) is 9.59 Å². The lowest BCUT2D eigenvalue weighted by Crippen LogP contribution is -2.34. The number of amides is 2. The zero-order valence-electron chi connectivity index (χ0n) is 23.8. The molecular weight excluding hydrogens is 557 g/mol. The summed E-state index contributed by atoms with van der Waals surface area (Å²) in [5.41, 5.74) is 1.32. The number of aromatic nitrogens is 3. The molecule has 1 fully saturated rings. The maximum Gasteiger partial charge on any atom is 0.412 e. The van der Waals surface area contributed by atoms with Crippen molar-refractivity contribution < 1.29 is 23.8 Å². The number of carbonyl (C=O) groups is 2. The van der Waals surface area contributed by atoms with Crippen LogP contribution >= 0.6 is 23.2 Å². The van der Waals surface area contributed by atoms with Gasteiger partial charge in [-0.2, -0.15) is 5.10 Å². The number of nitrogens with one attached hydrogen (secondary N) is 2. The summed E-state index contributed by atoms with van der Waals surface area (Å²) in [5, 5.41) is 11.4. The van der Waals surface area contributed by atoms with Gasteiger partial charge in [-0.15, -0.1) is 0 Å². The third-order valence-electron chi connectivity index (χ3n) is 6.06. The Morgan fingerprint density at radius 3 is 2.42 bits per heavy atom. The van der Waals surface area contributed by atoms with E-state index < -0.39 is 23.4 Å². The summed E-state index contributed by atoms with van der Waals surface area (Å²) < 4.78 is 20.5. The van der Waals surface area contributed by atoms with Gasteiger partial charge in [0.2, 0.25) is 0 Å². The van der Waals surface area contributed by atoms with E-state index in [1.807, 2.05) is 21.6 Å². The molecule has 2 amide bonds. The lowest BCUT2D eigenvalue weighted by molar-refractivity contribution is -0.0394. The SMILES string of the molecule is CC(C)(C)OC(=O)NCCn1cc(-c2cnn(C3CCCCO3)c2)c2c(NC(=O)OC(C)(C)C)cc(Cl)c(Cl)c21. The van der Waals surface area contributed by atoms with E-state index in [1.54, 1.807) is 53.8 Å². The number of benzene rings is 1. The van der Waals surface area contributed by atoms with Gasteiger partial charge in [-0.25, -0.2) is 14.3 Å². The Bertz CT molecular complexity index is 1380. The van der Waals surface area contributed by atoms with Gasteiger partial charge in [-0.3, -0.25) is 5.32 Å². The normalized spacial score (nSPS) is 16.1. The Kier molecular flexibility index (Phi) is 8.92. The van der Waals surface area contributed by atoms with E-state index in [4.69, 9.17) is 37.4 Å². The van der Waals surface area contributed by atoms with Crippen molar-refractivity contribution in [2.45, 2.75) is 84.8 Å². The molecule has 1 saturated heterocycles. The molecule has 0 aliphatic carbocycles. The van der Waals surface area contributed by atoms with Crippen LogP contribution in [-0.4, -0.2) is 50.9 Å². The zero-order chi connectivity index (χ0) is 29.2. The molecule has 0 radical (unpaired) electrons. The first-order valence-corrected chi connectivity index (χ1v) is 14.1. The average molecular weight is 595 g/mol. The molecule has 1 atom stereocenters. The van der Waals surface area contributed by atoms with Crippen LogP contribution in [0.1, 0.15) is 67.0 Å². The van der Waals surface area contributed by atoms with E-state index in [0.29, 0.717) is 34.8 Å². The molecule has 218 valence electrons. The quantitative estimate of drug-likeness (QED) is 0.308. The standard InChI is InChI=1S/C28H37Cl2N5O5/c1-27(2,3)39-25(36)31-10-11-34-16-18(17-14-32-35(15-17)21-9-7-8-12-38-21)22-20(13-19(29)23(30)24(22)34)33-26(37)40-28(4,5)6/h13-16,21H,7-12H2,1-6H3,(H,31,36)(H,33,37). The van der Waals surface area contributed by atoms with Crippen molar-refractivity contribution in [1.29, 1.82) is 0 Å². The number of halogens is 2. The minimum atomic E-state index is -0.692. The lowest BCUT2D eigenvalue weighted by atomic mass is 10.1. The summed E-state index contributed by atoms with van der Waals surface area (Å²) in [6.45, 7) is 12.1. The van der Waals surface area contributed by atoms with Crippen LogP contribution in [-0.2, 0) is 20.8 Å². The first-order valence-electron chi connectivity index (χ1n) is 13.4. The minimum Gasteiger partial charge on any atom is -0.444 e. The smallest absolute Gasteiger partial charge is 0.412 e. The number of fused-ring (bicyclic) bond motifs is 1. The van der Waals surface area contributed by atoms with Gasteiger partial charge in [0.25, 0.3) is 0 Å². The highest BCUT2D eigenvalue weighted by Gasteiger charge is 2.25. The number of alkyl carbamates (subject to hydrolysis) is 1. The molecule has 1 aromatic carbocycles. The van der Waals surface area contributed by atoms with Crippen LogP contribution in [0.4, 0.5) is 15.3 Å². The molecule has 4 rings (SSSR count). The minimum absolute atomic E-state index is 0.133. The second-order valence-corrected chi connectivity index (χ2v) is 12.6. The maximum absolute atomic E-state index is 12.8. The molecule has 1 aliphatic rings. The van der Waals surface area contributed by atoms with Crippen LogP contribution in [0.3, 0.4) is 0 Å². The van der Waals surface area contributed by atoms with Crippen molar-refractivity contribution in [3.63, 3.8) is 0 Å². The van der Waals surface area contributed by atoms with Gasteiger partial charge in [0, 0.05) is 48.6 Å². The first-order chi connectivity index (χ1) is 18.7. The predicted molar refractivity (Wildman–Crippen MR) is 156 cm³/mol. The number of anilines is 1. The summed E-state index contributed by atoms with van der Waals surface area (Å²) in [4.78, 5) is 25.0. The molecule has 2 N–H and O–H groups in total. The van der Waals surface area contributed by atoms with Gasteiger partial charge in [-0.05, 0) is 66.9 Å². The van der Waals surface area contributed by atoms with Crippen LogP contribution in [0.2, 0.25) is 10.0 Å². The zero-order valence-corrected chi connectivity index (χ0v) is 25.3. The number of ether oxygens (including phenoxy) is 3. The third-order valence-corrected chi connectivity index (χ3v) is 6.83. The molecule has 0 spiro atoms. The molecule has 1 unspecified atom stereocenters. The Morgan fingerprint density at radius 1 is 1.07 bits per heavy atom. The fourth-order valence-electron chi connectivity index (χ4n) is 4.51. The maximum atomic E-state index is 12.8. The van der Waals surface area contributed by atoms with E-state index >= 15 is 0 Å². The average Bonchev–Trinajstić information content (AvgIpc) is 3.46. The highest BCUT2D eigenvalue weighted by molar-refractivity contribution is 6.46. The van der Waals surface area contributed by atoms with Crippen LogP contribution in [0.15, 0.2) is 24.7 Å². The van der Waals surface area contributed by atoms with Crippen LogP contribution in [0, 0.1) is 0 Å². The van der Waals surface area contributed by atoms with Gasteiger partial charge in [0.15, 0.2) is 0 Å². The van der Waals surface area contributed by atoms with Gasteiger partial charge in [0.1, 0.15) is 17.4 Å². The van der Waals surface area contributed by atoms with Crippen LogP contribution in [0.25, 0.3) is 22.0 Å². The summed E-state index contributed by atoms with van der Waals surface area (Å²) in [5.74, 6) is 0. The lowest BCUT2D eigenvalue weighted by Gasteiger charge is -2.22. The molecule has 0 saturated carbocycles. The van der Waals surface area contributed by atoms with E-state index in [2.05, 4.69) is 15.7 Å². The second kappa shape index (κ2) is 11.9. The van der Waals surface area contributed by atoms with Gasteiger partial charge < -0.3 is 24.1 Å². The Labute approximate surface area is 244 Å². The summed E-state index contributed by atoms with van der Waals surface area (Å²) >= 11 is 13.3. The topological polar surface area (TPSA) is 109 Å². The van der Waals surface area contributed by atoms with Gasteiger partial charge in [0.05, 0.1) is 27.4 Å². The summed E-state index contributed by atoms with van der Waals surface area (Å²) in [7, 11) is 0. The van der Waals surface area contributed by atoms with E-state index in [0.717, 1.165) is 30.4 Å². The number of carbonyl (C=O) groups excluding carboxylic acids is 2. The van der Waals surface area contributed by atoms with Gasteiger partial charge in [-0.1, -0.05) is 23.2 Å². The van der Waals surface area contributed by atoms with Crippen molar-refractivity contribution in [1.82, 2.24) is 19.7 Å². The van der Waals surface area contributed by atoms with Crippen molar-refractivity contribution >= 4 is 52.0 Å². The van der Waals surface area contributed by atoms with Crippen LogP contribution in [0.5, 0.6) is 0 Å². The number of hydrogen-bond acceptors (Lipinski definition) is 6. The number of hydrogen-bond donors (Lipinski definition) is 2. The second-order valence-electron chi connectivity index (χ2n) is 11.8. The molecular formula is C28H37Cl2N5O5. The molecule has 0 bridgehead atoms. The largest absolute Gasteiger partial charge is 0.444 e. The molecule has 12 heteroatoms. The molecule has 10 nitrogen and oxygen atoms in total. The van der Waals surface area contributed by atoms with Gasteiger partial charge >= 0.3 is 12.2 Å². The highest BCUT2D eigenvalue weighted by Crippen LogP contribution is 2.43. The fraction of sp³-hybridized carbons (Fsp3) is 0.536. The van der Waals surface area contributed by atoms with E-state index in [-0.39, 0.29) is 17.8 Å².